The van der Waals surface area contributed by atoms with Gasteiger partial charge in [-0.05, 0) is 12.1 Å². The molecule has 0 N–H and O–H groups in total. The van der Waals surface area contributed by atoms with Crippen molar-refractivity contribution in [2.45, 2.75) is 26.2 Å². The summed E-state index contributed by atoms with van der Waals surface area (Å²) in [4.78, 5) is 15.4. The molecule has 0 aliphatic rings. The first kappa shape index (κ1) is 11.6. The largest absolute Gasteiger partial charge is 0.495 e. The molecule has 0 amide bonds. The van der Waals surface area contributed by atoms with E-state index in [-0.39, 0.29) is 5.41 Å². The van der Waals surface area contributed by atoms with Gasteiger partial charge in [0.25, 0.3) is 0 Å². The van der Waals surface area contributed by atoms with Gasteiger partial charge in [-0.3, -0.25) is 9.20 Å². The smallest absolute Gasteiger partial charge is 0.170 e. The molecule has 0 fully saturated rings. The van der Waals surface area contributed by atoms with Crippen molar-refractivity contribution in [1.82, 2.24) is 9.38 Å². The predicted octanol–water partition coefficient (Wildman–Crippen LogP) is 2.45. The predicted molar refractivity (Wildman–Crippen MR) is 65.8 cm³/mol. The molecule has 0 aromatic carbocycles. The molecule has 0 aliphatic heterocycles. The van der Waals surface area contributed by atoms with Crippen LogP contribution in [0, 0.1) is 0 Å². The Kier molecular flexibility index (Phi) is 2.65. The highest BCUT2D eigenvalue weighted by Gasteiger charge is 2.22. The van der Waals surface area contributed by atoms with E-state index < -0.39 is 0 Å². The summed E-state index contributed by atoms with van der Waals surface area (Å²) in [6, 6.07) is 3.68. The topological polar surface area (TPSA) is 43.6 Å². The van der Waals surface area contributed by atoms with Crippen LogP contribution in [0.5, 0.6) is 5.75 Å². The van der Waals surface area contributed by atoms with Gasteiger partial charge < -0.3 is 4.74 Å². The molecule has 0 saturated heterocycles. The molecule has 0 radical (unpaired) electrons. The summed E-state index contributed by atoms with van der Waals surface area (Å²) < 4.78 is 7.12. The summed E-state index contributed by atoms with van der Waals surface area (Å²) in [5.41, 5.74) is 1.15. The number of nitrogens with zero attached hydrogens (tertiary/aromatic N) is 2. The molecule has 2 aromatic heterocycles. The third kappa shape index (κ3) is 1.90. The lowest BCUT2D eigenvalue weighted by Crippen LogP contribution is -2.15. The summed E-state index contributed by atoms with van der Waals surface area (Å²) in [5.74, 6) is 1.60. The highest BCUT2D eigenvalue weighted by Crippen LogP contribution is 2.25. The average Bonchev–Trinajstić information content (AvgIpc) is 2.66. The Bertz CT molecular complexity index is 565. The van der Waals surface area contributed by atoms with Crippen molar-refractivity contribution in [1.29, 1.82) is 0 Å². The fourth-order valence-electron chi connectivity index (χ4n) is 1.83. The average molecular weight is 232 g/mol. The normalized spacial score (nSPS) is 11.8. The number of pyridine rings is 1. The number of carbonyl (C=O) groups is 1. The van der Waals surface area contributed by atoms with Gasteiger partial charge in [0.2, 0.25) is 0 Å². The van der Waals surface area contributed by atoms with Crippen molar-refractivity contribution in [3.63, 3.8) is 0 Å². The van der Waals surface area contributed by atoms with Crippen molar-refractivity contribution in [2.75, 3.05) is 7.11 Å². The third-order valence-corrected chi connectivity index (χ3v) is 2.66. The van der Waals surface area contributed by atoms with Crippen LogP contribution in [0.4, 0.5) is 0 Å². The van der Waals surface area contributed by atoms with Crippen LogP contribution in [0.25, 0.3) is 5.52 Å². The molecule has 17 heavy (non-hydrogen) atoms. The minimum Gasteiger partial charge on any atom is -0.495 e. The van der Waals surface area contributed by atoms with Crippen LogP contribution in [0.3, 0.4) is 0 Å². The molecule has 2 rings (SSSR count). The van der Waals surface area contributed by atoms with Crippen molar-refractivity contribution in [3.8, 4) is 5.75 Å². The van der Waals surface area contributed by atoms with Crippen LogP contribution in [0.15, 0.2) is 18.3 Å². The van der Waals surface area contributed by atoms with Crippen molar-refractivity contribution in [2.24, 2.45) is 0 Å². The molecule has 0 unspecified atom stereocenters. The van der Waals surface area contributed by atoms with E-state index in [2.05, 4.69) is 25.8 Å². The minimum atomic E-state index is -0.128. The zero-order chi connectivity index (χ0) is 12.6. The Morgan fingerprint density at radius 3 is 2.59 bits per heavy atom. The molecule has 0 bridgehead atoms. The van der Waals surface area contributed by atoms with Crippen molar-refractivity contribution < 1.29 is 9.53 Å². The van der Waals surface area contributed by atoms with Gasteiger partial charge in [-0.1, -0.05) is 20.8 Å². The summed E-state index contributed by atoms with van der Waals surface area (Å²) >= 11 is 0. The number of imidazole rings is 1. The van der Waals surface area contributed by atoms with Crippen molar-refractivity contribution in [3.05, 3.63) is 29.8 Å². The van der Waals surface area contributed by atoms with E-state index in [1.165, 1.54) is 0 Å². The Labute approximate surface area is 100 Å². The van der Waals surface area contributed by atoms with E-state index in [1.54, 1.807) is 7.11 Å². The molecule has 4 heteroatoms. The fraction of sp³-hybridized carbons (Fsp3) is 0.385. The van der Waals surface area contributed by atoms with Gasteiger partial charge in [0.1, 0.15) is 17.3 Å². The zero-order valence-corrected chi connectivity index (χ0v) is 10.5. The molecule has 2 aromatic rings. The van der Waals surface area contributed by atoms with Gasteiger partial charge in [0.15, 0.2) is 6.29 Å². The van der Waals surface area contributed by atoms with E-state index in [0.29, 0.717) is 5.69 Å². The second kappa shape index (κ2) is 3.87. The Morgan fingerprint density at radius 2 is 2.06 bits per heavy atom. The maximum atomic E-state index is 11.0. The highest BCUT2D eigenvalue weighted by atomic mass is 16.5. The van der Waals surface area contributed by atoms with Crippen LogP contribution in [-0.2, 0) is 5.41 Å². The molecule has 2 heterocycles. The number of ether oxygens (including phenoxy) is 1. The van der Waals surface area contributed by atoms with Gasteiger partial charge in [0.05, 0.1) is 18.8 Å². The van der Waals surface area contributed by atoms with E-state index in [9.17, 15) is 4.79 Å². The van der Waals surface area contributed by atoms with E-state index in [1.807, 2.05) is 22.7 Å². The maximum absolute atomic E-state index is 11.0. The lowest BCUT2D eigenvalue weighted by atomic mass is 9.96. The Morgan fingerprint density at radius 1 is 1.35 bits per heavy atom. The van der Waals surface area contributed by atoms with Crippen molar-refractivity contribution >= 4 is 11.8 Å². The number of methoxy groups -OCH3 is 1. The van der Waals surface area contributed by atoms with Gasteiger partial charge in [-0.2, -0.15) is 0 Å². The first-order valence-electron chi connectivity index (χ1n) is 5.49. The van der Waals surface area contributed by atoms with E-state index in [4.69, 9.17) is 4.74 Å². The SMILES string of the molecule is COc1ccc2c(C=O)nc(C(C)(C)C)n2c1. The maximum Gasteiger partial charge on any atom is 0.170 e. The molecule has 4 nitrogen and oxygen atoms in total. The molecule has 0 saturated carbocycles. The minimum absolute atomic E-state index is 0.128. The third-order valence-electron chi connectivity index (χ3n) is 2.66. The summed E-state index contributed by atoms with van der Waals surface area (Å²) in [7, 11) is 1.62. The molecule has 0 atom stereocenters. The summed E-state index contributed by atoms with van der Waals surface area (Å²) in [6.07, 6.45) is 2.65. The molecule has 0 spiro atoms. The molecular weight excluding hydrogens is 216 g/mol. The van der Waals surface area contributed by atoms with Gasteiger partial charge in [-0.25, -0.2) is 4.98 Å². The Hall–Kier alpha value is -1.84. The first-order valence-corrected chi connectivity index (χ1v) is 5.49. The standard InChI is InChI=1S/C13H16N2O2/c1-13(2,3)12-14-10(8-16)11-6-5-9(17-4)7-15(11)12/h5-8H,1-4H3. The van der Waals surface area contributed by atoms with Crippen LogP contribution < -0.4 is 4.74 Å². The number of aromatic nitrogens is 2. The number of fused-ring (bicyclic) bond motifs is 1. The number of carbonyl (C=O) groups excluding carboxylic acids is 1. The zero-order valence-electron chi connectivity index (χ0n) is 10.5. The van der Waals surface area contributed by atoms with Crippen LogP contribution in [0.2, 0.25) is 0 Å². The highest BCUT2D eigenvalue weighted by molar-refractivity contribution is 5.84. The fourth-order valence-corrected chi connectivity index (χ4v) is 1.83. The number of hydrogen-bond donors (Lipinski definition) is 0. The molecule has 0 aliphatic carbocycles. The first-order chi connectivity index (χ1) is 7.97. The summed E-state index contributed by atoms with van der Waals surface area (Å²) in [5, 5.41) is 0. The van der Waals surface area contributed by atoms with Gasteiger partial charge in [-0.15, -0.1) is 0 Å². The lowest BCUT2D eigenvalue weighted by Gasteiger charge is -2.16. The lowest BCUT2D eigenvalue weighted by molar-refractivity contribution is 0.112. The summed E-state index contributed by atoms with van der Waals surface area (Å²) in [6.45, 7) is 6.20. The Balaban J connectivity index is 2.79. The molecule has 90 valence electrons. The number of aldehydes is 1. The second-order valence-corrected chi connectivity index (χ2v) is 5.01. The van der Waals surface area contributed by atoms with Gasteiger partial charge >= 0.3 is 0 Å². The van der Waals surface area contributed by atoms with Crippen LogP contribution in [-0.4, -0.2) is 22.8 Å². The second-order valence-electron chi connectivity index (χ2n) is 5.01. The van der Waals surface area contributed by atoms with E-state index in [0.717, 1.165) is 23.4 Å². The number of rotatable bonds is 2. The number of hydrogen-bond acceptors (Lipinski definition) is 3. The van der Waals surface area contributed by atoms with Crippen LogP contribution >= 0.6 is 0 Å². The quantitative estimate of drug-likeness (QED) is 0.747. The molecular formula is C13H16N2O2. The van der Waals surface area contributed by atoms with Gasteiger partial charge in [0, 0.05) is 5.41 Å². The van der Waals surface area contributed by atoms with Crippen LogP contribution in [0.1, 0.15) is 37.1 Å². The monoisotopic (exact) mass is 232 g/mol. The van der Waals surface area contributed by atoms with E-state index >= 15 is 0 Å².